The smallest absolute Gasteiger partial charge is 0.255 e. The first kappa shape index (κ1) is 17.4. The van der Waals surface area contributed by atoms with Crippen LogP contribution < -0.4 is 14.8 Å². The Kier molecular flexibility index (Phi) is 5.35. The number of benzene rings is 1. The molecule has 3 rings (SSSR count). The molecule has 1 aromatic carbocycles. The Hall–Kier alpha value is -2.38. The topological polar surface area (TPSA) is 60.5 Å². The van der Waals surface area contributed by atoms with Gasteiger partial charge in [0.15, 0.2) is 11.5 Å². The highest BCUT2D eigenvalue weighted by Gasteiger charge is 2.16. The first-order valence-corrected chi connectivity index (χ1v) is 9.32. The van der Waals surface area contributed by atoms with E-state index in [1.807, 2.05) is 24.4 Å². The number of aryl methyl sites for hydroxylation is 1. The van der Waals surface area contributed by atoms with E-state index in [2.05, 4.69) is 10.3 Å². The molecule has 0 spiro atoms. The van der Waals surface area contributed by atoms with Gasteiger partial charge in [-0.15, -0.1) is 22.7 Å². The summed E-state index contributed by atoms with van der Waals surface area (Å²) in [5.74, 6) is 0.773. The molecule has 0 aliphatic rings. The molecule has 0 saturated carbocycles. The van der Waals surface area contributed by atoms with E-state index >= 15 is 0 Å². The van der Waals surface area contributed by atoms with Crippen LogP contribution in [-0.2, 0) is 6.54 Å². The molecule has 5 nitrogen and oxygen atoms in total. The van der Waals surface area contributed by atoms with E-state index < -0.39 is 0 Å². The molecule has 0 radical (unpaired) electrons. The monoisotopic (exact) mass is 374 g/mol. The summed E-state index contributed by atoms with van der Waals surface area (Å²) in [5.41, 5.74) is 1.44. The number of ether oxygens (including phenoxy) is 2. The normalized spacial score (nSPS) is 10.5. The lowest BCUT2D eigenvalue weighted by Crippen LogP contribution is -2.23. The highest BCUT2D eigenvalue weighted by atomic mass is 32.1. The average Bonchev–Trinajstić information content (AvgIpc) is 3.27. The fourth-order valence-corrected chi connectivity index (χ4v) is 4.01. The summed E-state index contributed by atoms with van der Waals surface area (Å²) in [4.78, 5) is 19.2. The first-order valence-electron chi connectivity index (χ1n) is 7.62. The minimum absolute atomic E-state index is 0.199. The molecule has 0 aliphatic carbocycles. The fraction of sp³-hybridized carbons (Fsp3) is 0.222. The number of nitrogens with one attached hydrogen (secondary N) is 1. The van der Waals surface area contributed by atoms with E-state index in [1.54, 1.807) is 48.0 Å². The van der Waals surface area contributed by atoms with Crippen molar-refractivity contribution in [1.29, 1.82) is 0 Å². The van der Waals surface area contributed by atoms with Crippen molar-refractivity contribution in [2.24, 2.45) is 0 Å². The van der Waals surface area contributed by atoms with E-state index in [1.165, 1.54) is 7.11 Å². The van der Waals surface area contributed by atoms with Gasteiger partial charge in [0.25, 0.3) is 5.91 Å². The SMILES string of the molecule is COc1cccc(C(=O)NCc2ccc(-c3csc(C)n3)s2)c1OC. The van der Waals surface area contributed by atoms with E-state index in [-0.39, 0.29) is 5.91 Å². The lowest BCUT2D eigenvalue weighted by molar-refractivity contribution is 0.0947. The van der Waals surface area contributed by atoms with Crippen LogP contribution in [0.1, 0.15) is 20.2 Å². The number of carbonyl (C=O) groups is 1. The van der Waals surface area contributed by atoms with Gasteiger partial charge in [0, 0.05) is 10.3 Å². The largest absolute Gasteiger partial charge is 0.493 e. The van der Waals surface area contributed by atoms with Gasteiger partial charge < -0.3 is 14.8 Å². The molecule has 1 amide bonds. The van der Waals surface area contributed by atoms with Crippen LogP contribution in [0.5, 0.6) is 11.5 Å². The molecule has 2 aromatic heterocycles. The van der Waals surface area contributed by atoms with Crippen molar-refractivity contribution >= 4 is 28.6 Å². The molecule has 7 heteroatoms. The molecule has 25 heavy (non-hydrogen) atoms. The van der Waals surface area contributed by atoms with Gasteiger partial charge in [-0.2, -0.15) is 0 Å². The zero-order valence-corrected chi connectivity index (χ0v) is 15.8. The van der Waals surface area contributed by atoms with Crippen molar-refractivity contribution in [3.05, 3.63) is 51.2 Å². The van der Waals surface area contributed by atoms with E-state index in [4.69, 9.17) is 9.47 Å². The number of hydrogen-bond donors (Lipinski definition) is 1. The molecule has 0 aliphatic heterocycles. The van der Waals surface area contributed by atoms with Crippen LogP contribution in [0.15, 0.2) is 35.7 Å². The number of carbonyl (C=O) groups excluding carboxylic acids is 1. The number of methoxy groups -OCH3 is 2. The number of thiazole rings is 1. The van der Waals surface area contributed by atoms with Crippen LogP contribution in [0.4, 0.5) is 0 Å². The van der Waals surface area contributed by atoms with Gasteiger partial charge in [0.05, 0.1) is 41.9 Å². The summed E-state index contributed by atoms with van der Waals surface area (Å²) >= 11 is 3.26. The Morgan fingerprint density at radius 2 is 2.04 bits per heavy atom. The zero-order valence-electron chi connectivity index (χ0n) is 14.2. The van der Waals surface area contributed by atoms with Gasteiger partial charge in [-0.25, -0.2) is 4.98 Å². The highest BCUT2D eigenvalue weighted by molar-refractivity contribution is 7.16. The summed E-state index contributed by atoms with van der Waals surface area (Å²) in [6.07, 6.45) is 0. The number of aromatic nitrogens is 1. The number of thiophene rings is 1. The molecule has 0 atom stereocenters. The van der Waals surface area contributed by atoms with Crippen molar-refractivity contribution < 1.29 is 14.3 Å². The van der Waals surface area contributed by atoms with Gasteiger partial charge in [-0.3, -0.25) is 4.79 Å². The summed E-state index contributed by atoms with van der Waals surface area (Å²) in [6.45, 7) is 2.44. The van der Waals surface area contributed by atoms with Gasteiger partial charge in [0.1, 0.15) is 0 Å². The maximum atomic E-state index is 12.5. The molecular weight excluding hydrogens is 356 g/mol. The Balaban J connectivity index is 1.70. The molecule has 3 aromatic rings. The van der Waals surface area contributed by atoms with Gasteiger partial charge in [0.2, 0.25) is 0 Å². The molecular formula is C18H18N2O3S2. The van der Waals surface area contributed by atoms with Crippen molar-refractivity contribution in [3.63, 3.8) is 0 Å². The van der Waals surface area contributed by atoms with E-state index in [0.29, 0.717) is 23.6 Å². The fourth-order valence-electron chi connectivity index (χ4n) is 2.42. The van der Waals surface area contributed by atoms with E-state index in [9.17, 15) is 4.79 Å². The second-order valence-electron chi connectivity index (χ2n) is 5.24. The number of rotatable bonds is 6. The molecule has 0 bridgehead atoms. The Morgan fingerprint density at radius 3 is 2.72 bits per heavy atom. The molecule has 1 N–H and O–H groups in total. The van der Waals surface area contributed by atoms with Crippen LogP contribution in [0.3, 0.4) is 0 Å². The van der Waals surface area contributed by atoms with Crippen molar-refractivity contribution in [2.45, 2.75) is 13.5 Å². The maximum Gasteiger partial charge on any atom is 0.255 e. The van der Waals surface area contributed by atoms with Crippen molar-refractivity contribution in [2.75, 3.05) is 14.2 Å². The lowest BCUT2D eigenvalue weighted by atomic mass is 10.1. The van der Waals surface area contributed by atoms with Gasteiger partial charge >= 0.3 is 0 Å². The predicted octanol–water partition coefficient (Wildman–Crippen LogP) is 4.13. The molecule has 0 saturated heterocycles. The highest BCUT2D eigenvalue weighted by Crippen LogP contribution is 2.31. The van der Waals surface area contributed by atoms with Crippen LogP contribution in [0.25, 0.3) is 10.6 Å². The number of hydrogen-bond acceptors (Lipinski definition) is 6. The third kappa shape index (κ3) is 3.83. The quantitative estimate of drug-likeness (QED) is 0.705. The number of para-hydroxylation sites is 1. The molecule has 2 heterocycles. The predicted molar refractivity (Wildman–Crippen MR) is 101 cm³/mol. The third-order valence-electron chi connectivity index (χ3n) is 3.60. The van der Waals surface area contributed by atoms with Crippen LogP contribution >= 0.6 is 22.7 Å². The second-order valence-corrected chi connectivity index (χ2v) is 7.47. The molecule has 0 unspecified atom stereocenters. The summed E-state index contributed by atoms with van der Waals surface area (Å²) in [5, 5.41) is 6.02. The van der Waals surface area contributed by atoms with Crippen LogP contribution in [0, 0.1) is 6.92 Å². The summed E-state index contributed by atoms with van der Waals surface area (Å²) in [7, 11) is 3.07. The second kappa shape index (κ2) is 7.67. The minimum atomic E-state index is -0.199. The Bertz CT molecular complexity index is 886. The Labute approximate surface area is 154 Å². The molecule has 0 fully saturated rings. The number of nitrogens with zero attached hydrogens (tertiary/aromatic N) is 1. The van der Waals surface area contributed by atoms with Gasteiger partial charge in [-0.1, -0.05) is 6.07 Å². The maximum absolute atomic E-state index is 12.5. The zero-order chi connectivity index (χ0) is 17.8. The first-order chi connectivity index (χ1) is 12.1. The Morgan fingerprint density at radius 1 is 1.20 bits per heavy atom. The van der Waals surface area contributed by atoms with E-state index in [0.717, 1.165) is 20.5 Å². The van der Waals surface area contributed by atoms with Crippen molar-refractivity contribution in [3.8, 4) is 22.1 Å². The molecule has 130 valence electrons. The van der Waals surface area contributed by atoms with Crippen LogP contribution in [0.2, 0.25) is 0 Å². The minimum Gasteiger partial charge on any atom is -0.493 e. The summed E-state index contributed by atoms with van der Waals surface area (Å²) in [6, 6.07) is 9.29. The van der Waals surface area contributed by atoms with Gasteiger partial charge in [-0.05, 0) is 31.2 Å². The standard InChI is InChI=1S/C18H18N2O3S2/c1-11-20-14(10-24-11)16-8-7-12(25-16)9-19-18(21)13-5-4-6-15(22-2)17(13)23-3/h4-8,10H,9H2,1-3H3,(H,19,21). The van der Waals surface area contributed by atoms with Crippen molar-refractivity contribution in [1.82, 2.24) is 10.3 Å². The van der Waals surface area contributed by atoms with Crippen LogP contribution in [-0.4, -0.2) is 25.1 Å². The summed E-state index contributed by atoms with van der Waals surface area (Å²) < 4.78 is 10.5. The average molecular weight is 374 g/mol. The number of amides is 1. The third-order valence-corrected chi connectivity index (χ3v) is 5.49. The lowest BCUT2D eigenvalue weighted by Gasteiger charge is -2.12.